The smallest absolute Gasteiger partial charge is 0.126 e. The molecule has 3 aliphatic carbocycles. The summed E-state index contributed by atoms with van der Waals surface area (Å²) in [4.78, 5) is 0. The zero-order valence-corrected chi connectivity index (χ0v) is 12.7. The summed E-state index contributed by atoms with van der Waals surface area (Å²) in [5.41, 5.74) is 0.710. The van der Waals surface area contributed by atoms with Crippen molar-refractivity contribution in [3.05, 3.63) is 28.0 Å². The monoisotopic (exact) mass is 313 g/mol. The third-order valence-electron chi connectivity index (χ3n) is 5.77. The van der Waals surface area contributed by atoms with Gasteiger partial charge in [-0.25, -0.2) is 4.39 Å². The Hall–Kier alpha value is -0.470. The summed E-state index contributed by atoms with van der Waals surface area (Å²) in [5, 5.41) is 4.30. The van der Waals surface area contributed by atoms with Crippen molar-refractivity contribution in [2.45, 2.75) is 38.1 Å². The molecule has 1 aromatic rings. The number of anilines is 1. The second-order valence-electron chi connectivity index (χ2n) is 6.65. The number of halogens is 3. The Balaban J connectivity index is 1.56. The molecule has 3 fully saturated rings. The summed E-state index contributed by atoms with van der Waals surface area (Å²) in [5.74, 6) is 3.11. The maximum Gasteiger partial charge on any atom is 0.126 e. The first-order valence-corrected chi connectivity index (χ1v) is 8.30. The van der Waals surface area contributed by atoms with E-state index in [1.807, 2.05) is 0 Å². The van der Waals surface area contributed by atoms with E-state index < -0.39 is 0 Å². The van der Waals surface area contributed by atoms with Crippen LogP contribution < -0.4 is 5.32 Å². The predicted octanol–water partition coefficient (Wildman–Crippen LogP) is 5.37. The highest BCUT2D eigenvalue weighted by Gasteiger charge is 2.53. The van der Waals surface area contributed by atoms with E-state index >= 15 is 0 Å². The zero-order valence-electron chi connectivity index (χ0n) is 11.2. The molecule has 1 N–H and O–H groups in total. The minimum Gasteiger partial charge on any atom is -0.380 e. The van der Waals surface area contributed by atoms with Gasteiger partial charge in [-0.1, -0.05) is 29.6 Å². The quantitative estimate of drug-likeness (QED) is 0.774. The molecule has 3 aliphatic rings. The van der Waals surface area contributed by atoms with Crippen LogP contribution in [0.25, 0.3) is 0 Å². The zero-order chi connectivity index (χ0) is 13.9. The maximum atomic E-state index is 13.3. The van der Waals surface area contributed by atoms with Crippen molar-refractivity contribution in [1.82, 2.24) is 0 Å². The average Bonchev–Trinajstić information content (AvgIpc) is 3.05. The lowest BCUT2D eigenvalue weighted by Crippen LogP contribution is -2.34. The summed E-state index contributed by atoms with van der Waals surface area (Å²) >= 11 is 12.3. The van der Waals surface area contributed by atoms with Crippen LogP contribution in [0.15, 0.2) is 12.1 Å². The molecule has 2 bridgehead atoms. The number of benzene rings is 1. The molecule has 3 saturated carbocycles. The van der Waals surface area contributed by atoms with Crippen LogP contribution in [-0.4, -0.2) is 6.04 Å². The number of nitrogens with one attached hydrogen (secondary N) is 1. The summed E-state index contributed by atoms with van der Waals surface area (Å²) in [7, 11) is 0. The van der Waals surface area contributed by atoms with Gasteiger partial charge in [-0.2, -0.15) is 0 Å². The van der Waals surface area contributed by atoms with Crippen molar-refractivity contribution in [3.8, 4) is 0 Å². The van der Waals surface area contributed by atoms with Gasteiger partial charge in [-0.15, -0.1) is 0 Å². The molecular formula is C16H18Cl2FN. The molecule has 0 amide bonds. The summed E-state index contributed by atoms with van der Waals surface area (Å²) in [6, 6.07) is 3.13. The molecule has 4 rings (SSSR count). The van der Waals surface area contributed by atoms with Crippen molar-refractivity contribution in [2.24, 2.45) is 23.7 Å². The van der Waals surface area contributed by atoms with Gasteiger partial charge < -0.3 is 5.32 Å². The largest absolute Gasteiger partial charge is 0.380 e. The standard InChI is InChI=1S/C16H18Cl2FN/c17-13-6-9(19)7-14(18)16(13)20-15-5-8-4-12(15)11-3-1-2-10(8)11/h6-8,10-12,15,20H,1-5H2. The molecule has 4 heteroatoms. The fourth-order valence-electron chi connectivity index (χ4n) is 5.10. The second-order valence-corrected chi connectivity index (χ2v) is 7.46. The first-order valence-electron chi connectivity index (χ1n) is 7.54. The van der Waals surface area contributed by atoms with Gasteiger partial charge >= 0.3 is 0 Å². The molecule has 0 saturated heterocycles. The first-order chi connectivity index (χ1) is 9.63. The highest BCUT2D eigenvalue weighted by atomic mass is 35.5. The number of fused-ring (bicyclic) bond motifs is 5. The fraction of sp³-hybridized carbons (Fsp3) is 0.625. The highest BCUT2D eigenvalue weighted by Crippen LogP contribution is 2.59. The van der Waals surface area contributed by atoms with Crippen LogP contribution in [0.5, 0.6) is 0 Å². The molecule has 5 unspecified atom stereocenters. The van der Waals surface area contributed by atoms with Gasteiger partial charge in [0.05, 0.1) is 15.7 Å². The van der Waals surface area contributed by atoms with E-state index in [9.17, 15) is 4.39 Å². The van der Waals surface area contributed by atoms with Crippen LogP contribution >= 0.6 is 23.2 Å². The normalized spacial score (nSPS) is 38.2. The van der Waals surface area contributed by atoms with Gasteiger partial charge in [0.2, 0.25) is 0 Å². The van der Waals surface area contributed by atoms with Crippen molar-refractivity contribution in [3.63, 3.8) is 0 Å². The lowest BCUT2D eigenvalue weighted by atomic mass is 9.79. The summed E-state index contributed by atoms with van der Waals surface area (Å²) in [6.07, 6.45) is 6.78. The average molecular weight is 314 g/mol. The topological polar surface area (TPSA) is 12.0 Å². The number of hydrogen-bond donors (Lipinski definition) is 1. The van der Waals surface area contributed by atoms with Crippen molar-refractivity contribution >= 4 is 28.9 Å². The SMILES string of the molecule is Fc1cc(Cl)c(NC2CC3CC2C2CCCC32)c(Cl)c1. The Morgan fingerprint density at radius 2 is 1.70 bits per heavy atom. The molecule has 108 valence electrons. The molecular weight excluding hydrogens is 296 g/mol. The number of rotatable bonds is 2. The summed E-state index contributed by atoms with van der Waals surface area (Å²) in [6.45, 7) is 0. The van der Waals surface area contributed by atoms with E-state index in [4.69, 9.17) is 23.2 Å². The van der Waals surface area contributed by atoms with Crippen molar-refractivity contribution in [1.29, 1.82) is 0 Å². The molecule has 0 aromatic heterocycles. The molecule has 0 spiro atoms. The van der Waals surface area contributed by atoms with Gasteiger partial charge in [-0.05, 0) is 61.5 Å². The van der Waals surface area contributed by atoms with Crippen LogP contribution in [0.3, 0.4) is 0 Å². The lowest BCUT2D eigenvalue weighted by Gasteiger charge is -2.33. The predicted molar refractivity (Wildman–Crippen MR) is 80.9 cm³/mol. The molecule has 20 heavy (non-hydrogen) atoms. The van der Waals surface area contributed by atoms with Gasteiger partial charge in [-0.3, -0.25) is 0 Å². The van der Waals surface area contributed by atoms with Crippen LogP contribution in [0.2, 0.25) is 10.0 Å². The van der Waals surface area contributed by atoms with Gasteiger partial charge in [0, 0.05) is 6.04 Å². The van der Waals surface area contributed by atoms with Crippen LogP contribution in [0.4, 0.5) is 10.1 Å². The summed E-state index contributed by atoms with van der Waals surface area (Å²) < 4.78 is 13.3. The molecule has 0 heterocycles. The Labute approximate surface area is 128 Å². The third kappa shape index (κ3) is 1.95. The van der Waals surface area contributed by atoms with Crippen LogP contribution in [-0.2, 0) is 0 Å². The van der Waals surface area contributed by atoms with E-state index in [1.165, 1.54) is 44.2 Å². The van der Waals surface area contributed by atoms with Gasteiger partial charge in [0.1, 0.15) is 5.82 Å². The second kappa shape index (κ2) is 4.78. The van der Waals surface area contributed by atoms with E-state index in [0.29, 0.717) is 21.8 Å². The fourth-order valence-corrected chi connectivity index (χ4v) is 5.67. The minimum atomic E-state index is -0.380. The van der Waals surface area contributed by atoms with Gasteiger partial charge in [0.15, 0.2) is 0 Å². The molecule has 1 nitrogen and oxygen atoms in total. The maximum absolute atomic E-state index is 13.3. The van der Waals surface area contributed by atoms with E-state index in [1.54, 1.807) is 0 Å². The Morgan fingerprint density at radius 3 is 2.45 bits per heavy atom. The van der Waals surface area contributed by atoms with E-state index in [-0.39, 0.29) is 5.82 Å². The first kappa shape index (κ1) is 13.2. The third-order valence-corrected chi connectivity index (χ3v) is 6.36. The van der Waals surface area contributed by atoms with E-state index in [2.05, 4.69) is 5.32 Å². The Bertz CT molecular complexity index is 524. The highest BCUT2D eigenvalue weighted by molar-refractivity contribution is 6.39. The number of hydrogen-bond acceptors (Lipinski definition) is 1. The van der Waals surface area contributed by atoms with Crippen LogP contribution in [0, 0.1) is 29.5 Å². The molecule has 0 aliphatic heterocycles. The van der Waals surface area contributed by atoms with E-state index in [0.717, 1.165) is 23.7 Å². The molecule has 0 radical (unpaired) electrons. The van der Waals surface area contributed by atoms with Crippen LogP contribution in [0.1, 0.15) is 32.1 Å². The molecule has 5 atom stereocenters. The minimum absolute atomic E-state index is 0.380. The Kier molecular flexibility index (Phi) is 3.15. The lowest BCUT2D eigenvalue weighted by molar-refractivity contribution is 0.243. The molecule has 1 aromatic carbocycles. The van der Waals surface area contributed by atoms with Gasteiger partial charge in [0.25, 0.3) is 0 Å². The van der Waals surface area contributed by atoms with Crippen molar-refractivity contribution < 1.29 is 4.39 Å². The Morgan fingerprint density at radius 1 is 1.00 bits per heavy atom. The van der Waals surface area contributed by atoms with Crippen molar-refractivity contribution in [2.75, 3.05) is 5.32 Å².